The van der Waals surface area contributed by atoms with Crippen molar-refractivity contribution < 1.29 is 5.11 Å². The van der Waals surface area contributed by atoms with Gasteiger partial charge in [-0.05, 0) is 0 Å². The summed E-state index contributed by atoms with van der Waals surface area (Å²) in [4.78, 5) is 0. The van der Waals surface area contributed by atoms with Crippen molar-refractivity contribution in [3.63, 3.8) is 0 Å². The van der Waals surface area contributed by atoms with Gasteiger partial charge in [0.05, 0.1) is 6.10 Å². The maximum atomic E-state index is 9.06. The maximum absolute atomic E-state index is 9.06. The Kier molecular flexibility index (Phi) is 1.65. The number of hydrogen-bond acceptors (Lipinski definition) is 2. The molecular weight excluding hydrogens is 102 g/mol. The van der Waals surface area contributed by atoms with E-state index in [1.54, 1.807) is 6.08 Å². The van der Waals surface area contributed by atoms with E-state index in [1.165, 1.54) is 0 Å². The quantitative estimate of drug-likeness (QED) is 0.460. The summed E-state index contributed by atoms with van der Waals surface area (Å²) in [6, 6.07) is 0. The highest BCUT2D eigenvalue weighted by Crippen LogP contribution is 2.07. The summed E-state index contributed by atoms with van der Waals surface area (Å²) in [6.07, 6.45) is 1.59. The Morgan fingerprint density at radius 3 is 2.62 bits per heavy atom. The zero-order valence-corrected chi connectivity index (χ0v) is 4.80. The Morgan fingerprint density at radius 1 is 1.62 bits per heavy atom. The zero-order chi connectivity index (χ0) is 5.98. The van der Waals surface area contributed by atoms with Crippen molar-refractivity contribution in [1.82, 2.24) is 5.32 Å². The molecule has 0 amide bonds. The van der Waals surface area contributed by atoms with Gasteiger partial charge in [-0.2, -0.15) is 0 Å². The number of aliphatic hydroxyl groups is 1. The second-order valence-corrected chi connectivity index (χ2v) is 2.13. The molecule has 2 atom stereocenters. The van der Waals surface area contributed by atoms with Crippen LogP contribution in [-0.2, 0) is 0 Å². The molecule has 8 heavy (non-hydrogen) atoms. The Morgan fingerprint density at radius 2 is 2.38 bits per heavy atom. The minimum atomic E-state index is -0.201. The fourth-order valence-corrected chi connectivity index (χ4v) is 0.926. The Balaban J connectivity index is 2.41. The minimum absolute atomic E-state index is 0.201. The van der Waals surface area contributed by atoms with Crippen LogP contribution in [0.25, 0.3) is 0 Å². The van der Waals surface area contributed by atoms with Crippen LogP contribution in [-0.4, -0.2) is 24.3 Å². The lowest BCUT2D eigenvalue weighted by atomic mass is 10.1. The number of rotatable bonds is 1. The lowest BCUT2D eigenvalue weighted by molar-refractivity contribution is 0.168. The number of hydrogen-bond donors (Lipinski definition) is 2. The van der Waals surface area contributed by atoms with Gasteiger partial charge in [0.25, 0.3) is 0 Å². The van der Waals surface area contributed by atoms with Crippen LogP contribution in [0.1, 0.15) is 0 Å². The van der Waals surface area contributed by atoms with E-state index in [1.807, 2.05) is 0 Å². The third-order valence-corrected chi connectivity index (χ3v) is 1.53. The summed E-state index contributed by atoms with van der Waals surface area (Å²) in [5, 5.41) is 12.1. The van der Waals surface area contributed by atoms with E-state index in [4.69, 9.17) is 5.11 Å². The van der Waals surface area contributed by atoms with Gasteiger partial charge in [0, 0.05) is 19.0 Å². The monoisotopic (exact) mass is 113 g/mol. The van der Waals surface area contributed by atoms with Gasteiger partial charge in [-0.25, -0.2) is 0 Å². The Hall–Kier alpha value is -0.340. The van der Waals surface area contributed by atoms with E-state index in [9.17, 15) is 0 Å². The van der Waals surface area contributed by atoms with E-state index < -0.39 is 0 Å². The molecule has 0 spiro atoms. The first-order valence-corrected chi connectivity index (χ1v) is 2.86. The molecule has 1 fully saturated rings. The summed E-state index contributed by atoms with van der Waals surface area (Å²) in [5.41, 5.74) is 0. The van der Waals surface area contributed by atoms with Crippen LogP contribution in [0.4, 0.5) is 0 Å². The topological polar surface area (TPSA) is 32.3 Å². The van der Waals surface area contributed by atoms with Crippen molar-refractivity contribution in [2.45, 2.75) is 6.10 Å². The average Bonchev–Trinajstić information content (AvgIpc) is 2.14. The van der Waals surface area contributed by atoms with Crippen LogP contribution in [0.5, 0.6) is 0 Å². The van der Waals surface area contributed by atoms with Gasteiger partial charge in [0.1, 0.15) is 0 Å². The highest BCUT2D eigenvalue weighted by molar-refractivity contribution is 4.91. The molecule has 0 aliphatic carbocycles. The summed E-state index contributed by atoms with van der Waals surface area (Å²) in [6.45, 7) is 5.19. The normalized spacial score (nSPS) is 37.6. The first-order valence-electron chi connectivity index (χ1n) is 2.86. The highest BCUT2D eigenvalue weighted by Gasteiger charge is 2.20. The molecule has 1 rings (SSSR count). The average molecular weight is 113 g/mol. The van der Waals surface area contributed by atoms with Crippen LogP contribution in [0.3, 0.4) is 0 Å². The molecule has 0 radical (unpaired) electrons. The minimum Gasteiger partial charge on any atom is -0.391 e. The number of β-amino-alcohol motifs (C(OH)–C–C–N with tert-alkyl or cyclic N) is 1. The third kappa shape index (κ3) is 0.904. The van der Waals surface area contributed by atoms with Crippen molar-refractivity contribution in [3.05, 3.63) is 12.7 Å². The van der Waals surface area contributed by atoms with Crippen LogP contribution in [0.2, 0.25) is 0 Å². The summed E-state index contributed by atoms with van der Waals surface area (Å²) >= 11 is 0. The van der Waals surface area contributed by atoms with E-state index in [2.05, 4.69) is 11.9 Å². The van der Waals surface area contributed by atoms with Crippen LogP contribution in [0, 0.1) is 5.92 Å². The van der Waals surface area contributed by atoms with Crippen molar-refractivity contribution in [3.8, 4) is 0 Å². The molecule has 2 heteroatoms. The number of aliphatic hydroxyl groups excluding tert-OH is 1. The molecule has 1 saturated heterocycles. The largest absolute Gasteiger partial charge is 0.391 e. The summed E-state index contributed by atoms with van der Waals surface area (Å²) in [5.74, 6) is 0.273. The molecule has 1 aliphatic rings. The highest BCUT2D eigenvalue weighted by atomic mass is 16.3. The molecular formula is C6H11NO. The molecule has 2 nitrogen and oxygen atoms in total. The van der Waals surface area contributed by atoms with Gasteiger partial charge in [0.15, 0.2) is 0 Å². The van der Waals surface area contributed by atoms with E-state index >= 15 is 0 Å². The third-order valence-electron chi connectivity index (χ3n) is 1.53. The van der Waals surface area contributed by atoms with Crippen molar-refractivity contribution in [2.75, 3.05) is 13.1 Å². The van der Waals surface area contributed by atoms with Gasteiger partial charge in [0.2, 0.25) is 0 Å². The molecule has 0 aromatic heterocycles. The SMILES string of the molecule is C=C[C@H]1CNC[C@@H]1O. The van der Waals surface area contributed by atoms with Crippen LogP contribution < -0.4 is 5.32 Å². The van der Waals surface area contributed by atoms with Crippen molar-refractivity contribution >= 4 is 0 Å². The predicted octanol–water partition coefficient (Wildman–Crippen LogP) is -0.247. The van der Waals surface area contributed by atoms with E-state index in [-0.39, 0.29) is 12.0 Å². The summed E-state index contributed by atoms with van der Waals surface area (Å²) < 4.78 is 0. The standard InChI is InChI=1S/C6H11NO/c1-2-5-3-7-4-6(5)8/h2,5-8H,1,3-4H2/t5-,6-/m0/s1. The lowest BCUT2D eigenvalue weighted by Crippen LogP contribution is -2.15. The molecule has 0 bridgehead atoms. The fourth-order valence-electron chi connectivity index (χ4n) is 0.926. The molecule has 46 valence electrons. The van der Waals surface area contributed by atoms with Gasteiger partial charge >= 0.3 is 0 Å². The van der Waals surface area contributed by atoms with E-state index in [0.29, 0.717) is 0 Å². The molecule has 0 saturated carbocycles. The number of nitrogens with one attached hydrogen (secondary N) is 1. The van der Waals surface area contributed by atoms with Gasteiger partial charge < -0.3 is 10.4 Å². The first-order chi connectivity index (χ1) is 3.84. The van der Waals surface area contributed by atoms with Crippen molar-refractivity contribution in [2.24, 2.45) is 5.92 Å². The lowest BCUT2D eigenvalue weighted by Gasteiger charge is -2.04. The van der Waals surface area contributed by atoms with Crippen LogP contribution in [0.15, 0.2) is 12.7 Å². The molecule has 0 aromatic carbocycles. The molecule has 0 unspecified atom stereocenters. The second kappa shape index (κ2) is 2.29. The van der Waals surface area contributed by atoms with Gasteiger partial charge in [-0.15, -0.1) is 6.58 Å². The molecule has 0 aromatic rings. The van der Waals surface area contributed by atoms with Gasteiger partial charge in [-0.1, -0.05) is 6.08 Å². The first kappa shape index (κ1) is 5.79. The molecule has 2 N–H and O–H groups in total. The maximum Gasteiger partial charge on any atom is 0.0739 e. The zero-order valence-electron chi connectivity index (χ0n) is 4.80. The smallest absolute Gasteiger partial charge is 0.0739 e. The second-order valence-electron chi connectivity index (χ2n) is 2.13. The molecule has 1 aliphatic heterocycles. The fraction of sp³-hybridized carbons (Fsp3) is 0.667. The predicted molar refractivity (Wildman–Crippen MR) is 32.6 cm³/mol. The Labute approximate surface area is 49.2 Å². The van der Waals surface area contributed by atoms with Crippen LogP contribution >= 0.6 is 0 Å². The van der Waals surface area contributed by atoms with Crippen molar-refractivity contribution in [1.29, 1.82) is 0 Å². The Bertz CT molecular complexity index is 92.5. The molecule has 1 heterocycles. The van der Waals surface area contributed by atoms with Gasteiger partial charge in [-0.3, -0.25) is 0 Å². The van der Waals surface area contributed by atoms with E-state index in [0.717, 1.165) is 13.1 Å². The summed E-state index contributed by atoms with van der Waals surface area (Å²) in [7, 11) is 0.